The van der Waals surface area contributed by atoms with Gasteiger partial charge in [-0.15, -0.1) is 5.10 Å². The van der Waals surface area contributed by atoms with Gasteiger partial charge in [-0.2, -0.15) is 0 Å². The number of nitrogens with one attached hydrogen (secondary N) is 1. The summed E-state index contributed by atoms with van der Waals surface area (Å²) in [5.41, 5.74) is 4.66. The number of aromatic amines is 1. The smallest absolute Gasteiger partial charge is 0.330 e. The van der Waals surface area contributed by atoms with Crippen LogP contribution in [0, 0.1) is 0 Å². The van der Waals surface area contributed by atoms with Gasteiger partial charge in [-0.1, -0.05) is 81.1 Å². The lowest BCUT2D eigenvalue weighted by Crippen LogP contribution is -2.14. The highest BCUT2D eigenvalue weighted by Gasteiger charge is 2.24. The number of ether oxygens (including phenoxy) is 1. The quantitative estimate of drug-likeness (QED) is 0.399. The van der Waals surface area contributed by atoms with Gasteiger partial charge in [0.1, 0.15) is 11.3 Å². The minimum Gasteiger partial charge on any atom is -0.507 e. The number of esters is 1. The van der Waals surface area contributed by atoms with E-state index in [1.807, 2.05) is 48.6 Å². The number of allylic oxidation sites excluding steroid dienone is 4. The maximum absolute atomic E-state index is 11.2. The van der Waals surface area contributed by atoms with Crippen LogP contribution in [0.15, 0.2) is 73.4 Å². The molecule has 1 heterocycles. The number of phenolic OH excluding ortho intramolecular Hbond substituents is 1. The molecule has 6 heteroatoms. The molecule has 0 aliphatic heterocycles. The van der Waals surface area contributed by atoms with Crippen molar-refractivity contribution in [3.8, 4) is 5.75 Å². The second-order valence-electron chi connectivity index (χ2n) is 8.94. The maximum Gasteiger partial charge on any atom is 0.330 e. The van der Waals surface area contributed by atoms with Crippen molar-refractivity contribution in [3.05, 3.63) is 90.0 Å². The summed E-state index contributed by atoms with van der Waals surface area (Å²) in [5, 5.41) is 21.0. The van der Waals surface area contributed by atoms with Crippen LogP contribution in [0.5, 0.6) is 5.75 Å². The van der Waals surface area contributed by atoms with E-state index >= 15 is 0 Å². The van der Waals surface area contributed by atoms with Crippen LogP contribution in [-0.2, 0) is 21.4 Å². The van der Waals surface area contributed by atoms with E-state index in [4.69, 9.17) is 4.74 Å². The first-order valence-corrected chi connectivity index (χ1v) is 11.0. The lowest BCUT2D eigenvalue weighted by Gasteiger charge is -2.26. The summed E-state index contributed by atoms with van der Waals surface area (Å²) in [6.45, 7) is 9.96. The molecule has 172 valence electrons. The van der Waals surface area contributed by atoms with Gasteiger partial charge in [-0.3, -0.25) is 5.10 Å². The van der Waals surface area contributed by atoms with E-state index in [-0.39, 0.29) is 11.3 Å². The van der Waals surface area contributed by atoms with Gasteiger partial charge in [-0.05, 0) is 35.1 Å². The summed E-state index contributed by atoms with van der Waals surface area (Å²) < 4.78 is 5.09. The number of hydrogen-bond donors (Lipinski definition) is 2. The fraction of sp³-hybridized carbons (Fsp3) is 0.296. The monoisotopic (exact) mass is 445 g/mol. The average Bonchev–Trinajstić information content (AvgIpc) is 3.29. The number of H-pyrrole nitrogens is 1. The second kappa shape index (κ2) is 10.8. The van der Waals surface area contributed by atoms with Crippen LogP contribution >= 0.6 is 0 Å². The van der Waals surface area contributed by atoms with E-state index in [0.717, 1.165) is 34.1 Å². The molecule has 1 unspecified atom stereocenters. The number of hydrogen-bond acceptors (Lipinski definition) is 5. The molecule has 33 heavy (non-hydrogen) atoms. The summed E-state index contributed by atoms with van der Waals surface area (Å²) in [5.74, 6) is 0.136. The standard InChI is InChI=1S/C21H26O3.C6H5N3/c1-5-19(22)24-12-11-15-13-17(16-9-7-6-8-10-16)20(23)18(14-15)21(2,3)4;1-2-4-6-5(3-1)7-9-8-6/h5-9,13-14,16,23H,1,10-12H2,2-4H3;1-4H,(H,7,8,9). The van der Waals surface area contributed by atoms with Gasteiger partial charge < -0.3 is 9.84 Å². The molecule has 4 rings (SSSR count). The molecule has 2 N–H and O–H groups in total. The topological polar surface area (TPSA) is 88.1 Å². The molecule has 0 amide bonds. The first kappa shape index (κ1) is 24.0. The third-order valence-electron chi connectivity index (χ3n) is 5.42. The van der Waals surface area contributed by atoms with Crippen LogP contribution in [-0.4, -0.2) is 33.1 Å². The molecule has 0 saturated carbocycles. The minimum atomic E-state index is -0.412. The third-order valence-corrected chi connectivity index (χ3v) is 5.42. The van der Waals surface area contributed by atoms with Crippen LogP contribution in [0.25, 0.3) is 11.0 Å². The molecule has 0 fully saturated rings. The molecule has 1 atom stereocenters. The predicted molar refractivity (Wildman–Crippen MR) is 131 cm³/mol. The van der Waals surface area contributed by atoms with Crippen molar-refractivity contribution in [3.63, 3.8) is 0 Å². The molecule has 3 aromatic rings. The molecule has 0 spiro atoms. The summed E-state index contributed by atoms with van der Waals surface area (Å²) in [6, 6.07) is 11.8. The summed E-state index contributed by atoms with van der Waals surface area (Å²) in [4.78, 5) is 11.2. The lowest BCUT2D eigenvalue weighted by molar-refractivity contribution is -0.137. The molecule has 1 aliphatic carbocycles. The Kier molecular flexibility index (Phi) is 7.83. The Labute approximate surface area is 194 Å². The molecule has 0 radical (unpaired) electrons. The van der Waals surface area contributed by atoms with Crippen LogP contribution in [0.1, 0.15) is 49.8 Å². The SMILES string of the molecule is C=CC(=O)OCCc1cc(C2C=CC=CC2)c(O)c(C(C)(C)C)c1.c1ccc2[nH]nnc2c1. The fourth-order valence-electron chi connectivity index (χ4n) is 3.65. The number of aromatic hydroxyl groups is 1. The van der Waals surface area contributed by atoms with Crippen LogP contribution < -0.4 is 0 Å². The number of phenols is 1. The van der Waals surface area contributed by atoms with Crippen molar-refractivity contribution < 1.29 is 14.6 Å². The van der Waals surface area contributed by atoms with Gasteiger partial charge >= 0.3 is 5.97 Å². The van der Waals surface area contributed by atoms with E-state index in [1.54, 1.807) is 0 Å². The van der Waals surface area contributed by atoms with Gasteiger partial charge in [0, 0.05) is 24.0 Å². The van der Waals surface area contributed by atoms with Crippen molar-refractivity contribution in [2.45, 2.75) is 44.9 Å². The Morgan fingerprint density at radius 3 is 2.73 bits per heavy atom. The van der Waals surface area contributed by atoms with Crippen molar-refractivity contribution in [1.82, 2.24) is 15.4 Å². The normalized spacial score (nSPS) is 15.1. The number of carbonyl (C=O) groups excluding carboxylic acids is 1. The predicted octanol–water partition coefficient (Wildman–Crippen LogP) is 5.52. The number of aromatic nitrogens is 3. The zero-order chi connectivity index (χ0) is 23.8. The van der Waals surface area contributed by atoms with E-state index in [0.29, 0.717) is 18.8 Å². The van der Waals surface area contributed by atoms with Crippen molar-refractivity contribution in [2.75, 3.05) is 6.61 Å². The number of para-hydroxylation sites is 1. The van der Waals surface area contributed by atoms with Gasteiger partial charge in [0.15, 0.2) is 0 Å². The van der Waals surface area contributed by atoms with Gasteiger partial charge in [-0.25, -0.2) is 4.79 Å². The summed E-state index contributed by atoms with van der Waals surface area (Å²) >= 11 is 0. The molecule has 1 aliphatic rings. The molecule has 0 bridgehead atoms. The Morgan fingerprint density at radius 2 is 2.06 bits per heavy atom. The molecule has 2 aromatic carbocycles. The third kappa shape index (κ3) is 6.42. The molecule has 6 nitrogen and oxygen atoms in total. The summed E-state index contributed by atoms with van der Waals surface area (Å²) in [7, 11) is 0. The molecular weight excluding hydrogens is 414 g/mol. The van der Waals surface area contributed by atoms with Crippen molar-refractivity contribution in [2.24, 2.45) is 0 Å². The first-order valence-electron chi connectivity index (χ1n) is 11.0. The molecule has 1 aromatic heterocycles. The number of rotatable bonds is 5. The number of benzene rings is 2. The summed E-state index contributed by atoms with van der Waals surface area (Å²) in [6.07, 6.45) is 10.9. The fourth-order valence-corrected chi connectivity index (χ4v) is 3.65. The zero-order valence-corrected chi connectivity index (χ0v) is 19.4. The lowest BCUT2D eigenvalue weighted by atomic mass is 9.80. The van der Waals surface area contributed by atoms with E-state index in [9.17, 15) is 9.90 Å². The highest BCUT2D eigenvalue weighted by atomic mass is 16.5. The molecule has 0 saturated heterocycles. The van der Waals surface area contributed by atoms with Crippen molar-refractivity contribution >= 4 is 17.0 Å². The minimum absolute atomic E-state index is 0.166. The highest BCUT2D eigenvalue weighted by Crippen LogP contribution is 2.40. The van der Waals surface area contributed by atoms with Crippen LogP contribution in [0.3, 0.4) is 0 Å². The zero-order valence-electron chi connectivity index (χ0n) is 19.4. The van der Waals surface area contributed by atoms with Crippen LogP contribution in [0.4, 0.5) is 0 Å². The Bertz CT molecular complexity index is 1140. The largest absolute Gasteiger partial charge is 0.507 e. The number of carbonyl (C=O) groups is 1. The van der Waals surface area contributed by atoms with Crippen LogP contribution in [0.2, 0.25) is 0 Å². The van der Waals surface area contributed by atoms with Gasteiger partial charge in [0.25, 0.3) is 0 Å². The van der Waals surface area contributed by atoms with E-state index in [1.165, 1.54) is 6.08 Å². The maximum atomic E-state index is 11.2. The Hall–Kier alpha value is -3.67. The average molecular weight is 446 g/mol. The highest BCUT2D eigenvalue weighted by molar-refractivity contribution is 5.81. The van der Waals surface area contributed by atoms with E-state index < -0.39 is 5.97 Å². The van der Waals surface area contributed by atoms with Crippen molar-refractivity contribution in [1.29, 1.82) is 0 Å². The van der Waals surface area contributed by atoms with E-state index in [2.05, 4.69) is 54.9 Å². The first-order chi connectivity index (χ1) is 15.8. The number of fused-ring (bicyclic) bond motifs is 1. The second-order valence-corrected chi connectivity index (χ2v) is 8.94. The Morgan fingerprint density at radius 1 is 1.27 bits per heavy atom. The number of nitrogens with zero attached hydrogens (tertiary/aromatic N) is 2. The molecular formula is C27H31N3O3. The van der Waals surface area contributed by atoms with Gasteiger partial charge in [0.2, 0.25) is 0 Å². The Balaban J connectivity index is 0.000000280. The van der Waals surface area contributed by atoms with Gasteiger partial charge in [0.05, 0.1) is 12.1 Å².